The van der Waals surface area contributed by atoms with Gasteiger partial charge in [-0.2, -0.15) is 0 Å². The van der Waals surface area contributed by atoms with E-state index in [1.54, 1.807) is 0 Å². The summed E-state index contributed by atoms with van der Waals surface area (Å²) in [5.41, 5.74) is 4.84. The number of hydrogen-bond donors (Lipinski definition) is 1. The second kappa shape index (κ2) is 8.29. The van der Waals surface area contributed by atoms with Crippen LogP contribution in [0.3, 0.4) is 0 Å². The maximum absolute atomic E-state index is 11.3. The molecule has 2 aliphatic heterocycles. The van der Waals surface area contributed by atoms with E-state index < -0.39 is 8.01 Å². The van der Waals surface area contributed by atoms with E-state index in [0.717, 1.165) is 51.9 Å². The minimum absolute atomic E-state index is 0.00284. The first kappa shape index (κ1) is 20.3. The van der Waals surface area contributed by atoms with Crippen molar-refractivity contribution in [1.29, 1.82) is 0 Å². The number of carbonyl (C=O) groups excluding carboxylic acids is 1. The van der Waals surface area contributed by atoms with Crippen molar-refractivity contribution in [3.05, 3.63) is 35.9 Å². The summed E-state index contributed by atoms with van der Waals surface area (Å²) in [4.78, 5) is 13.7. The van der Waals surface area contributed by atoms with E-state index in [4.69, 9.17) is 22.4 Å². The first-order valence-electron chi connectivity index (χ1n) is 9.19. The highest BCUT2D eigenvalue weighted by Gasteiger charge is 2.47. The number of rotatable bonds is 7. The van der Waals surface area contributed by atoms with Gasteiger partial charge in [-0.05, 0) is 30.4 Å². The summed E-state index contributed by atoms with van der Waals surface area (Å²) in [5, 5.41) is 2.10. The van der Waals surface area contributed by atoms with Crippen LogP contribution in [0.25, 0.3) is 0 Å². The summed E-state index contributed by atoms with van der Waals surface area (Å²) in [5.74, 6) is 0. The van der Waals surface area contributed by atoms with Gasteiger partial charge in [0.2, 0.25) is 0 Å². The van der Waals surface area contributed by atoms with Gasteiger partial charge in [-0.3, -0.25) is 32.7 Å². The van der Waals surface area contributed by atoms with Crippen LogP contribution in [0.5, 0.6) is 0 Å². The van der Waals surface area contributed by atoms with E-state index in [1.807, 2.05) is 0 Å². The molecule has 0 aromatic heterocycles. The molecule has 1 aromatic rings. The molecule has 2 unspecified atom stereocenters. The molecule has 26 heavy (non-hydrogen) atoms. The molecule has 2 heterocycles. The summed E-state index contributed by atoms with van der Waals surface area (Å²) < 4.78 is -0.101. The Balaban J connectivity index is 1.73. The van der Waals surface area contributed by atoms with Gasteiger partial charge in [-0.1, -0.05) is 48.9 Å². The largest absolute Gasteiger partial charge is 0.340 e. The third kappa shape index (κ3) is 4.03. The topological polar surface area (TPSA) is 35.6 Å². The standard InChI is InChI=1S/C19H28N3OS3/c1-18(13-20-22-10-6-9-17(22)12-23)14-21(15-19(18,2)26(24)25)11-16-7-4-3-5-8-16/h3-5,7-8,12,17,20H,6,9-11,13-15H2,1-2H3/q-1/t17-,18?,19?/m0/s1. The van der Waals surface area contributed by atoms with Gasteiger partial charge in [0.1, 0.15) is 6.29 Å². The molecule has 7 heteroatoms. The molecule has 0 amide bonds. The number of nitrogens with zero attached hydrogens (tertiary/aromatic N) is 2. The van der Waals surface area contributed by atoms with Crippen molar-refractivity contribution in [2.45, 2.75) is 44.0 Å². The van der Waals surface area contributed by atoms with Gasteiger partial charge in [0, 0.05) is 26.2 Å². The number of likely N-dealkylation sites (tertiary alicyclic amines) is 1. The predicted octanol–water partition coefficient (Wildman–Crippen LogP) is 1.98. The minimum Gasteiger partial charge on any atom is -0.340 e. The van der Waals surface area contributed by atoms with Gasteiger partial charge >= 0.3 is 0 Å². The molecule has 1 aromatic carbocycles. The highest BCUT2D eigenvalue weighted by molar-refractivity contribution is 8.47. The molecule has 0 spiro atoms. The lowest BCUT2D eigenvalue weighted by molar-refractivity contribution is -0.112. The van der Waals surface area contributed by atoms with E-state index in [1.165, 1.54) is 5.56 Å². The van der Waals surface area contributed by atoms with Crippen LogP contribution < -0.4 is 5.43 Å². The Kier molecular flexibility index (Phi) is 6.47. The molecule has 0 aliphatic carbocycles. The minimum atomic E-state index is -0.521. The van der Waals surface area contributed by atoms with E-state index >= 15 is 0 Å². The molecule has 0 bridgehead atoms. The van der Waals surface area contributed by atoms with Gasteiger partial charge in [-0.15, -0.1) is 0 Å². The zero-order chi connectivity index (χ0) is 18.8. The quantitative estimate of drug-likeness (QED) is 0.547. The first-order valence-corrected chi connectivity index (χ1v) is 12.3. The highest BCUT2D eigenvalue weighted by Crippen LogP contribution is 2.42. The fraction of sp³-hybridized carbons (Fsp3) is 0.632. The van der Waals surface area contributed by atoms with Gasteiger partial charge in [0.05, 0.1) is 6.04 Å². The Morgan fingerprint density at radius 3 is 2.65 bits per heavy atom. The summed E-state index contributed by atoms with van der Waals surface area (Å²) in [6, 6.07) is 10.6. The van der Waals surface area contributed by atoms with Crippen molar-refractivity contribution in [3.63, 3.8) is 0 Å². The zero-order valence-electron chi connectivity index (χ0n) is 15.5. The van der Waals surface area contributed by atoms with E-state index in [2.05, 4.69) is 59.5 Å². The Bertz CT molecular complexity index is 703. The Labute approximate surface area is 168 Å². The lowest BCUT2D eigenvalue weighted by atomic mass is 9.80. The first-order chi connectivity index (χ1) is 12.4. The van der Waals surface area contributed by atoms with Crippen LogP contribution >= 0.6 is 0 Å². The van der Waals surface area contributed by atoms with Crippen molar-refractivity contribution in [3.8, 4) is 0 Å². The zero-order valence-corrected chi connectivity index (χ0v) is 18.0. The van der Waals surface area contributed by atoms with Crippen molar-refractivity contribution < 1.29 is 4.79 Å². The summed E-state index contributed by atoms with van der Waals surface area (Å²) in [7, 11) is -0.521. The lowest BCUT2D eigenvalue weighted by Crippen LogP contribution is -2.54. The van der Waals surface area contributed by atoms with E-state index in [9.17, 15) is 4.79 Å². The van der Waals surface area contributed by atoms with Crippen molar-refractivity contribution in [1.82, 2.24) is 15.3 Å². The summed E-state index contributed by atoms with van der Waals surface area (Å²) in [6.45, 7) is 9.09. The summed E-state index contributed by atoms with van der Waals surface area (Å²) in [6.07, 6.45) is 3.07. The predicted molar refractivity (Wildman–Crippen MR) is 114 cm³/mol. The highest BCUT2D eigenvalue weighted by atomic mass is 33.1. The average molecular weight is 411 g/mol. The maximum Gasteiger partial charge on any atom is 0.138 e. The number of aldehydes is 1. The molecule has 3 rings (SSSR count). The Morgan fingerprint density at radius 1 is 1.27 bits per heavy atom. The lowest BCUT2D eigenvalue weighted by Gasteiger charge is -2.46. The normalized spacial score (nSPS) is 33.1. The SMILES string of the molecule is CC1(CNN2CCC[C@H]2C=O)CN(Cc2ccccc2)CC1(C)[S-](=S)=S. The monoisotopic (exact) mass is 410 g/mol. The van der Waals surface area contributed by atoms with Gasteiger partial charge in [-0.25, -0.2) is 5.01 Å². The second-order valence-electron chi connectivity index (χ2n) is 8.03. The van der Waals surface area contributed by atoms with Gasteiger partial charge in [0.25, 0.3) is 0 Å². The van der Waals surface area contributed by atoms with Crippen LogP contribution in [0.4, 0.5) is 0 Å². The summed E-state index contributed by atoms with van der Waals surface area (Å²) >= 11 is 11.3. The van der Waals surface area contributed by atoms with Crippen LogP contribution in [-0.2, 0) is 41.7 Å². The Morgan fingerprint density at radius 2 is 2.00 bits per heavy atom. The maximum atomic E-state index is 11.3. The smallest absolute Gasteiger partial charge is 0.138 e. The molecule has 2 fully saturated rings. The third-order valence-corrected chi connectivity index (χ3v) is 9.68. The van der Waals surface area contributed by atoms with Crippen LogP contribution in [-0.4, -0.2) is 53.2 Å². The van der Waals surface area contributed by atoms with Crippen molar-refractivity contribution in [2.75, 3.05) is 26.2 Å². The van der Waals surface area contributed by atoms with Crippen molar-refractivity contribution in [2.24, 2.45) is 5.41 Å². The van der Waals surface area contributed by atoms with Crippen LogP contribution in [0, 0.1) is 5.41 Å². The molecule has 3 atom stereocenters. The Hall–Kier alpha value is -0.440. The molecule has 2 saturated heterocycles. The average Bonchev–Trinajstić information content (AvgIpc) is 3.17. The fourth-order valence-corrected chi connectivity index (χ4v) is 6.54. The van der Waals surface area contributed by atoms with Gasteiger partial charge < -0.3 is 12.8 Å². The number of benzene rings is 1. The number of carbonyl (C=O) groups is 1. The molecule has 0 saturated carbocycles. The molecule has 0 radical (unpaired) electrons. The van der Waals surface area contributed by atoms with E-state index in [0.29, 0.717) is 0 Å². The molecule has 1 N–H and O–H groups in total. The van der Waals surface area contributed by atoms with E-state index in [-0.39, 0.29) is 16.2 Å². The molecule has 144 valence electrons. The number of nitrogens with one attached hydrogen (secondary N) is 1. The van der Waals surface area contributed by atoms with Gasteiger partial charge in [0.15, 0.2) is 0 Å². The molecular formula is C19H28N3OS3-. The second-order valence-corrected chi connectivity index (χ2v) is 12.0. The van der Waals surface area contributed by atoms with Crippen LogP contribution in [0.15, 0.2) is 30.3 Å². The molecule has 4 nitrogen and oxygen atoms in total. The fourth-order valence-electron chi connectivity index (χ4n) is 4.19. The van der Waals surface area contributed by atoms with Crippen molar-refractivity contribution >= 4 is 36.7 Å². The third-order valence-electron chi connectivity index (χ3n) is 6.12. The van der Waals surface area contributed by atoms with Crippen LogP contribution in [0.1, 0.15) is 32.3 Å². The number of hydrazine groups is 1. The molecular weight excluding hydrogens is 382 g/mol. The van der Waals surface area contributed by atoms with Crippen LogP contribution in [0.2, 0.25) is 0 Å². The number of hydrogen-bond acceptors (Lipinski definition) is 7. The molecule has 2 aliphatic rings.